The monoisotopic (exact) mass is 229 g/mol. The minimum absolute atomic E-state index is 0.0275. The molecule has 1 aromatic rings. The molecule has 1 rings (SSSR count). The summed E-state index contributed by atoms with van der Waals surface area (Å²) in [7, 11) is 0. The number of aliphatic hydroxyl groups excluding tert-OH is 1. The number of hydrogen-bond donors (Lipinski definition) is 2. The third kappa shape index (κ3) is 2.06. The Morgan fingerprint density at radius 2 is 2.25 bits per heavy atom. The summed E-state index contributed by atoms with van der Waals surface area (Å²) in [4.78, 5) is 0. The first-order valence-electron chi connectivity index (χ1n) is 3.80. The van der Waals surface area contributed by atoms with Gasteiger partial charge in [0.1, 0.15) is 0 Å². The highest BCUT2D eigenvalue weighted by Gasteiger charge is 2.05. The van der Waals surface area contributed by atoms with E-state index in [1.165, 1.54) is 0 Å². The zero-order valence-corrected chi connectivity index (χ0v) is 8.51. The van der Waals surface area contributed by atoms with Gasteiger partial charge in [0.05, 0.1) is 6.61 Å². The molecule has 0 spiro atoms. The number of halogens is 1. The zero-order chi connectivity index (χ0) is 9.14. The molecule has 0 radical (unpaired) electrons. The second kappa shape index (κ2) is 4.03. The maximum absolute atomic E-state index is 9.02. The van der Waals surface area contributed by atoms with Gasteiger partial charge < -0.3 is 10.8 Å². The van der Waals surface area contributed by atoms with Gasteiger partial charge >= 0.3 is 0 Å². The molecule has 0 amide bonds. The molecule has 0 saturated carbocycles. The molecule has 1 atom stereocenters. The van der Waals surface area contributed by atoms with Gasteiger partial charge in [0.15, 0.2) is 0 Å². The Morgan fingerprint density at radius 3 is 2.75 bits per heavy atom. The summed E-state index contributed by atoms with van der Waals surface area (Å²) < 4.78 is 0.968. The van der Waals surface area contributed by atoms with E-state index in [1.807, 2.05) is 25.1 Å². The first-order valence-corrected chi connectivity index (χ1v) is 4.59. The summed E-state index contributed by atoms with van der Waals surface area (Å²) in [6, 6.07) is 5.72. The van der Waals surface area contributed by atoms with Crippen LogP contribution in [0.2, 0.25) is 0 Å². The van der Waals surface area contributed by atoms with Crippen molar-refractivity contribution < 1.29 is 5.11 Å². The lowest BCUT2D eigenvalue weighted by atomic mass is 10.0. The van der Waals surface area contributed by atoms with Gasteiger partial charge in [-0.1, -0.05) is 22.0 Å². The Balaban J connectivity index is 3.11. The molecular formula is C9H12BrNO. The molecule has 3 heteroatoms. The van der Waals surface area contributed by atoms with E-state index in [-0.39, 0.29) is 12.6 Å². The van der Waals surface area contributed by atoms with Crippen LogP contribution in [0, 0.1) is 0 Å². The lowest BCUT2D eigenvalue weighted by molar-refractivity contribution is 0.280. The Labute approximate surface area is 80.5 Å². The minimum Gasteiger partial charge on any atom is -0.392 e. The first-order chi connectivity index (χ1) is 5.65. The molecule has 0 aromatic heterocycles. The van der Waals surface area contributed by atoms with E-state index < -0.39 is 0 Å². The molecule has 0 saturated heterocycles. The van der Waals surface area contributed by atoms with E-state index in [0.29, 0.717) is 0 Å². The molecular weight excluding hydrogens is 218 g/mol. The quantitative estimate of drug-likeness (QED) is 0.815. The average molecular weight is 230 g/mol. The second-order valence-corrected chi connectivity index (χ2v) is 3.71. The van der Waals surface area contributed by atoms with Gasteiger partial charge in [0.25, 0.3) is 0 Å². The lowest BCUT2D eigenvalue weighted by Gasteiger charge is -2.10. The van der Waals surface area contributed by atoms with Gasteiger partial charge in [-0.05, 0) is 30.2 Å². The third-order valence-corrected chi connectivity index (χ3v) is 2.26. The van der Waals surface area contributed by atoms with E-state index in [0.717, 1.165) is 15.6 Å². The van der Waals surface area contributed by atoms with E-state index in [1.54, 1.807) is 0 Å². The molecule has 3 N–H and O–H groups in total. The predicted molar refractivity (Wildman–Crippen MR) is 52.7 cm³/mol. The minimum atomic E-state index is -0.0275. The van der Waals surface area contributed by atoms with E-state index in [9.17, 15) is 0 Å². The average Bonchev–Trinajstić information content (AvgIpc) is 2.03. The van der Waals surface area contributed by atoms with Gasteiger partial charge in [0.2, 0.25) is 0 Å². The van der Waals surface area contributed by atoms with Crippen molar-refractivity contribution in [2.75, 3.05) is 0 Å². The summed E-state index contributed by atoms with van der Waals surface area (Å²) in [6.45, 7) is 1.94. The number of nitrogens with two attached hydrogens (primary N) is 1. The van der Waals surface area contributed by atoms with Crippen LogP contribution >= 0.6 is 15.9 Å². The van der Waals surface area contributed by atoms with Crippen molar-refractivity contribution in [3.05, 3.63) is 33.8 Å². The van der Waals surface area contributed by atoms with Gasteiger partial charge in [-0.3, -0.25) is 0 Å². The summed E-state index contributed by atoms with van der Waals surface area (Å²) in [5.41, 5.74) is 7.60. The molecule has 0 bridgehead atoms. The molecule has 1 aromatic carbocycles. The number of rotatable bonds is 2. The molecule has 0 aliphatic rings. The summed E-state index contributed by atoms with van der Waals surface area (Å²) in [5.74, 6) is 0. The van der Waals surface area contributed by atoms with Crippen LogP contribution in [0.4, 0.5) is 0 Å². The van der Waals surface area contributed by atoms with E-state index in [2.05, 4.69) is 15.9 Å². The highest BCUT2D eigenvalue weighted by molar-refractivity contribution is 9.10. The Bertz CT molecular complexity index is 273. The van der Waals surface area contributed by atoms with Crippen LogP contribution in [-0.4, -0.2) is 5.11 Å². The molecule has 2 nitrogen and oxygen atoms in total. The second-order valence-electron chi connectivity index (χ2n) is 2.79. The Hall–Kier alpha value is -0.380. The van der Waals surface area contributed by atoms with Crippen molar-refractivity contribution in [3.63, 3.8) is 0 Å². The van der Waals surface area contributed by atoms with Crippen molar-refractivity contribution in [1.29, 1.82) is 0 Å². The van der Waals surface area contributed by atoms with Crippen molar-refractivity contribution in [1.82, 2.24) is 0 Å². The largest absolute Gasteiger partial charge is 0.392 e. The maximum Gasteiger partial charge on any atom is 0.0685 e. The van der Waals surface area contributed by atoms with Crippen molar-refractivity contribution in [2.24, 2.45) is 5.73 Å². The normalized spacial score (nSPS) is 13.0. The van der Waals surface area contributed by atoms with Crippen LogP contribution < -0.4 is 5.73 Å². The van der Waals surface area contributed by atoms with E-state index in [4.69, 9.17) is 10.8 Å². The van der Waals surface area contributed by atoms with Crippen molar-refractivity contribution >= 4 is 15.9 Å². The summed E-state index contributed by atoms with van der Waals surface area (Å²) in [6.07, 6.45) is 0. The smallest absolute Gasteiger partial charge is 0.0685 e. The molecule has 0 aliphatic heterocycles. The van der Waals surface area contributed by atoms with Crippen molar-refractivity contribution in [3.8, 4) is 0 Å². The maximum atomic E-state index is 9.02. The number of benzene rings is 1. The van der Waals surface area contributed by atoms with Gasteiger partial charge in [-0.25, -0.2) is 0 Å². The standard InChI is InChI=1S/C9H12BrNO/c1-6(11)9-3-2-8(10)4-7(9)5-12/h2-4,6,12H,5,11H2,1H3. The fraction of sp³-hybridized carbons (Fsp3) is 0.333. The number of aliphatic hydroxyl groups is 1. The fourth-order valence-corrected chi connectivity index (χ4v) is 1.56. The van der Waals surface area contributed by atoms with Crippen molar-refractivity contribution in [2.45, 2.75) is 19.6 Å². The highest BCUT2D eigenvalue weighted by Crippen LogP contribution is 2.20. The molecule has 66 valence electrons. The summed E-state index contributed by atoms with van der Waals surface area (Å²) in [5, 5.41) is 9.02. The van der Waals surface area contributed by atoms with Crippen LogP contribution in [-0.2, 0) is 6.61 Å². The zero-order valence-electron chi connectivity index (χ0n) is 6.92. The highest BCUT2D eigenvalue weighted by atomic mass is 79.9. The first kappa shape index (κ1) is 9.71. The SMILES string of the molecule is CC(N)c1ccc(Br)cc1CO. The lowest BCUT2D eigenvalue weighted by Crippen LogP contribution is -2.08. The molecule has 0 heterocycles. The van der Waals surface area contributed by atoms with Gasteiger partial charge in [0, 0.05) is 10.5 Å². The topological polar surface area (TPSA) is 46.2 Å². The van der Waals surface area contributed by atoms with Crippen LogP contribution in [0.1, 0.15) is 24.1 Å². The number of hydrogen-bond acceptors (Lipinski definition) is 2. The van der Waals surface area contributed by atoms with Gasteiger partial charge in [-0.15, -0.1) is 0 Å². The van der Waals surface area contributed by atoms with Crippen LogP contribution in [0.25, 0.3) is 0 Å². The van der Waals surface area contributed by atoms with Crippen LogP contribution in [0.3, 0.4) is 0 Å². The predicted octanol–water partition coefficient (Wildman–Crippen LogP) is 1.96. The molecule has 1 unspecified atom stereocenters. The Kier molecular flexibility index (Phi) is 3.26. The third-order valence-electron chi connectivity index (χ3n) is 1.77. The molecule has 0 aliphatic carbocycles. The fourth-order valence-electron chi connectivity index (χ4n) is 1.16. The summed E-state index contributed by atoms with van der Waals surface area (Å²) >= 11 is 3.33. The van der Waals surface area contributed by atoms with Gasteiger partial charge in [-0.2, -0.15) is 0 Å². The van der Waals surface area contributed by atoms with Crippen LogP contribution in [0.15, 0.2) is 22.7 Å². The molecule has 0 fully saturated rings. The van der Waals surface area contributed by atoms with Crippen LogP contribution in [0.5, 0.6) is 0 Å². The molecule has 12 heavy (non-hydrogen) atoms. The Morgan fingerprint density at radius 1 is 1.58 bits per heavy atom. The van der Waals surface area contributed by atoms with E-state index >= 15 is 0 Å².